The third kappa shape index (κ3) is 4.88. The lowest BCUT2D eigenvalue weighted by molar-refractivity contribution is -0.137. The van der Waals surface area contributed by atoms with Crippen LogP contribution in [0.5, 0.6) is 0 Å². The molecule has 0 bridgehead atoms. The summed E-state index contributed by atoms with van der Waals surface area (Å²) in [5, 5.41) is 0. The van der Waals surface area contributed by atoms with Crippen molar-refractivity contribution in [2.45, 2.75) is 19.0 Å². The van der Waals surface area contributed by atoms with Crippen LogP contribution in [0.2, 0.25) is 0 Å². The van der Waals surface area contributed by atoms with Crippen molar-refractivity contribution in [1.29, 1.82) is 0 Å². The predicted molar refractivity (Wildman–Crippen MR) is 63.6 cm³/mol. The van der Waals surface area contributed by atoms with Crippen LogP contribution in [0.3, 0.4) is 0 Å². The molecule has 0 fully saturated rings. The highest BCUT2D eigenvalue weighted by Gasteiger charge is 2.30. The smallest absolute Gasteiger partial charge is 0.303 e. The number of allylic oxidation sites excluding steroid dienone is 1. The van der Waals surface area contributed by atoms with E-state index in [2.05, 4.69) is 11.8 Å². The molecule has 0 radical (unpaired) electrons. The second-order valence-corrected chi connectivity index (χ2v) is 3.48. The first-order valence-corrected chi connectivity index (χ1v) is 5.30. The Morgan fingerprint density at radius 3 is 2.72 bits per heavy atom. The van der Waals surface area contributed by atoms with Crippen LogP contribution in [0.25, 0.3) is 6.08 Å². The van der Waals surface area contributed by atoms with Gasteiger partial charge in [-0.25, -0.2) is 0 Å². The molecule has 1 aromatic rings. The SMILES string of the molecule is O=CCCC#C/C=C/c1cccc(C(F)(F)F)c1. The molecule has 0 aromatic heterocycles. The summed E-state index contributed by atoms with van der Waals surface area (Å²) in [6, 6.07) is 5.00. The Balaban J connectivity index is 2.70. The van der Waals surface area contributed by atoms with Crippen molar-refractivity contribution >= 4 is 12.4 Å². The first-order valence-electron chi connectivity index (χ1n) is 5.30. The molecule has 94 valence electrons. The predicted octanol–water partition coefficient (Wildman–Crippen LogP) is 3.70. The quantitative estimate of drug-likeness (QED) is 0.455. The van der Waals surface area contributed by atoms with E-state index in [0.29, 0.717) is 18.4 Å². The van der Waals surface area contributed by atoms with Crippen LogP contribution < -0.4 is 0 Å². The fraction of sp³-hybridized carbons (Fsp3) is 0.214. The van der Waals surface area contributed by atoms with Crippen LogP contribution in [-0.2, 0) is 11.0 Å². The average molecular weight is 252 g/mol. The van der Waals surface area contributed by atoms with Gasteiger partial charge in [0.2, 0.25) is 0 Å². The van der Waals surface area contributed by atoms with Crippen molar-refractivity contribution in [1.82, 2.24) is 0 Å². The van der Waals surface area contributed by atoms with E-state index >= 15 is 0 Å². The summed E-state index contributed by atoms with van der Waals surface area (Å²) in [5.74, 6) is 5.37. The molecule has 18 heavy (non-hydrogen) atoms. The summed E-state index contributed by atoms with van der Waals surface area (Å²) in [5.41, 5.74) is -0.243. The number of benzene rings is 1. The molecule has 0 saturated carbocycles. The minimum absolute atomic E-state index is 0.365. The van der Waals surface area contributed by atoms with Gasteiger partial charge in [0, 0.05) is 12.8 Å². The van der Waals surface area contributed by atoms with Crippen LogP contribution in [0.4, 0.5) is 13.2 Å². The molecule has 4 heteroatoms. The Morgan fingerprint density at radius 1 is 1.28 bits per heavy atom. The number of alkyl halides is 3. The van der Waals surface area contributed by atoms with Crippen molar-refractivity contribution in [2.24, 2.45) is 0 Å². The minimum Gasteiger partial charge on any atom is -0.303 e. The van der Waals surface area contributed by atoms with E-state index in [1.165, 1.54) is 18.2 Å². The summed E-state index contributed by atoms with van der Waals surface area (Å²) in [7, 11) is 0. The molecule has 1 rings (SSSR count). The van der Waals surface area contributed by atoms with Gasteiger partial charge < -0.3 is 4.79 Å². The summed E-state index contributed by atoms with van der Waals surface area (Å²) in [6.45, 7) is 0. The first kappa shape index (κ1) is 14.0. The van der Waals surface area contributed by atoms with Crippen molar-refractivity contribution < 1.29 is 18.0 Å². The fourth-order valence-corrected chi connectivity index (χ4v) is 1.22. The number of hydrogen-bond donors (Lipinski definition) is 0. The highest BCUT2D eigenvalue weighted by atomic mass is 19.4. The van der Waals surface area contributed by atoms with Crippen LogP contribution in [0.15, 0.2) is 30.3 Å². The molecule has 0 aliphatic rings. The molecule has 0 spiro atoms. The van der Waals surface area contributed by atoms with Crippen molar-refractivity contribution in [3.8, 4) is 11.8 Å². The van der Waals surface area contributed by atoms with Crippen molar-refractivity contribution in [2.75, 3.05) is 0 Å². The lowest BCUT2D eigenvalue weighted by atomic mass is 10.1. The maximum absolute atomic E-state index is 12.4. The summed E-state index contributed by atoms with van der Waals surface area (Å²) >= 11 is 0. The van der Waals surface area contributed by atoms with Crippen molar-refractivity contribution in [3.63, 3.8) is 0 Å². The van der Waals surface area contributed by atoms with Crippen LogP contribution in [0.1, 0.15) is 24.0 Å². The Labute approximate surface area is 103 Å². The molecule has 0 heterocycles. The van der Waals surface area contributed by atoms with Gasteiger partial charge >= 0.3 is 6.18 Å². The van der Waals surface area contributed by atoms with Gasteiger partial charge in [0.1, 0.15) is 6.29 Å². The summed E-state index contributed by atoms with van der Waals surface area (Å²) in [4.78, 5) is 10.00. The second-order valence-electron chi connectivity index (χ2n) is 3.48. The highest BCUT2D eigenvalue weighted by Crippen LogP contribution is 2.29. The number of carbonyl (C=O) groups excluding carboxylic acids is 1. The van der Waals surface area contributed by atoms with E-state index in [-0.39, 0.29) is 0 Å². The van der Waals surface area contributed by atoms with Gasteiger partial charge in [-0.2, -0.15) is 13.2 Å². The van der Waals surface area contributed by atoms with Crippen LogP contribution >= 0.6 is 0 Å². The maximum Gasteiger partial charge on any atom is 0.416 e. The van der Waals surface area contributed by atoms with Crippen LogP contribution in [-0.4, -0.2) is 6.29 Å². The molecule has 1 aromatic carbocycles. The third-order valence-corrected chi connectivity index (χ3v) is 2.06. The van der Waals surface area contributed by atoms with Gasteiger partial charge in [0.15, 0.2) is 0 Å². The van der Waals surface area contributed by atoms with E-state index in [1.807, 2.05) is 0 Å². The molecule has 1 nitrogen and oxygen atoms in total. The van der Waals surface area contributed by atoms with Gasteiger partial charge in [0.25, 0.3) is 0 Å². The molecular formula is C14H11F3O. The van der Waals surface area contributed by atoms with E-state index in [0.717, 1.165) is 18.4 Å². The van der Waals surface area contributed by atoms with E-state index < -0.39 is 11.7 Å². The topological polar surface area (TPSA) is 17.1 Å². The number of unbranched alkanes of at least 4 members (excludes halogenated alkanes) is 1. The largest absolute Gasteiger partial charge is 0.416 e. The Morgan fingerprint density at radius 2 is 2.06 bits per heavy atom. The van der Waals surface area contributed by atoms with Crippen molar-refractivity contribution in [3.05, 3.63) is 41.5 Å². The number of aldehydes is 1. The molecule has 0 atom stereocenters. The minimum atomic E-state index is -4.33. The van der Waals surface area contributed by atoms with Gasteiger partial charge in [0.05, 0.1) is 5.56 Å². The highest BCUT2D eigenvalue weighted by molar-refractivity contribution is 5.54. The van der Waals surface area contributed by atoms with Gasteiger partial charge in [-0.1, -0.05) is 24.0 Å². The number of carbonyl (C=O) groups is 1. The van der Waals surface area contributed by atoms with Gasteiger partial charge in [-0.15, -0.1) is 0 Å². The lowest BCUT2D eigenvalue weighted by Gasteiger charge is -2.06. The summed E-state index contributed by atoms with van der Waals surface area (Å²) in [6.07, 6.45) is 0.231. The Hall–Kier alpha value is -2.02. The third-order valence-electron chi connectivity index (χ3n) is 2.06. The van der Waals surface area contributed by atoms with Gasteiger partial charge in [-0.3, -0.25) is 0 Å². The molecule has 0 aliphatic heterocycles. The number of rotatable bonds is 3. The molecule has 0 unspecified atom stereocenters. The zero-order valence-electron chi connectivity index (χ0n) is 9.50. The monoisotopic (exact) mass is 252 g/mol. The average Bonchev–Trinajstić information content (AvgIpc) is 2.33. The molecule has 0 saturated heterocycles. The molecule has 0 aliphatic carbocycles. The van der Waals surface area contributed by atoms with Gasteiger partial charge in [-0.05, 0) is 29.8 Å². The maximum atomic E-state index is 12.4. The zero-order valence-corrected chi connectivity index (χ0v) is 9.50. The molecule has 0 N–H and O–H groups in total. The van der Waals surface area contributed by atoms with E-state index in [1.54, 1.807) is 6.07 Å². The molecule has 0 amide bonds. The number of halogens is 3. The first-order chi connectivity index (χ1) is 8.54. The molecular weight excluding hydrogens is 241 g/mol. The normalized spacial score (nSPS) is 11.1. The zero-order chi connectivity index (χ0) is 13.4. The lowest BCUT2D eigenvalue weighted by Crippen LogP contribution is -2.04. The number of hydrogen-bond acceptors (Lipinski definition) is 1. The van der Waals surface area contributed by atoms with E-state index in [4.69, 9.17) is 0 Å². The summed E-state index contributed by atoms with van der Waals surface area (Å²) < 4.78 is 37.2. The van der Waals surface area contributed by atoms with E-state index in [9.17, 15) is 18.0 Å². The second kappa shape index (κ2) is 6.65. The van der Waals surface area contributed by atoms with Crippen LogP contribution in [0, 0.1) is 11.8 Å². The standard InChI is InChI=1S/C14H11F3O/c15-14(16,17)13-9-6-8-12(11-13)7-4-2-1-3-5-10-18/h4,6-11H,3,5H2/b7-4+. The Bertz CT molecular complexity index is 490. The fourth-order valence-electron chi connectivity index (χ4n) is 1.22. The Kier molecular flexibility index (Phi) is 5.19.